The zero-order chi connectivity index (χ0) is 34.1. The summed E-state index contributed by atoms with van der Waals surface area (Å²) in [5.74, 6) is -1.06. The van der Waals surface area contributed by atoms with E-state index in [1.165, 1.54) is 60.5 Å². The van der Waals surface area contributed by atoms with Gasteiger partial charge in [-0.1, -0.05) is 0 Å². The maximum atomic E-state index is 13.3. The highest BCUT2D eigenvalue weighted by Gasteiger charge is 2.38. The number of nitrogens with two attached hydrogens (primary N) is 1. The number of nitro groups is 1. The number of guanidine groups is 1. The fraction of sp³-hybridized carbons (Fsp3) is 0.448. The van der Waals surface area contributed by atoms with Gasteiger partial charge >= 0.3 is 6.09 Å². The molecule has 2 atom stereocenters. The summed E-state index contributed by atoms with van der Waals surface area (Å²) in [5, 5.41) is 16.3. The zero-order valence-corrected chi connectivity index (χ0v) is 26.8. The highest BCUT2D eigenvalue weighted by molar-refractivity contribution is 7.90. The van der Waals surface area contributed by atoms with Gasteiger partial charge in [0, 0.05) is 30.9 Å². The minimum absolute atomic E-state index is 0.00160. The number of methoxy groups -OCH3 is 1. The summed E-state index contributed by atoms with van der Waals surface area (Å²) in [5.41, 5.74) is 5.14. The summed E-state index contributed by atoms with van der Waals surface area (Å²) >= 11 is 0. The SMILES string of the molecule is COc1ccc(S(=O)(=O)NC(N)=NCCC[C@H](NC(=O)[C@@H]2CCCN2C(=O)OC(C)(C)C)C(=O)Nc2ccc([N+](=O)[O-])cc2)cc1. The molecule has 2 aromatic carbocycles. The third kappa shape index (κ3) is 10.3. The lowest BCUT2D eigenvalue weighted by Crippen LogP contribution is -2.52. The predicted octanol–water partition coefficient (Wildman–Crippen LogP) is 2.50. The predicted molar refractivity (Wildman–Crippen MR) is 169 cm³/mol. The van der Waals surface area contributed by atoms with E-state index in [1.54, 1.807) is 20.8 Å². The minimum Gasteiger partial charge on any atom is -0.497 e. The number of ether oxygens (including phenoxy) is 2. The van der Waals surface area contributed by atoms with Gasteiger partial charge in [-0.15, -0.1) is 0 Å². The van der Waals surface area contributed by atoms with Gasteiger partial charge in [0.05, 0.1) is 16.9 Å². The number of sulfonamides is 1. The van der Waals surface area contributed by atoms with Crippen molar-refractivity contribution in [2.45, 2.75) is 69.0 Å². The number of amides is 3. The summed E-state index contributed by atoms with van der Waals surface area (Å²) < 4.78 is 37.9. The molecular weight excluding hydrogens is 622 g/mol. The van der Waals surface area contributed by atoms with E-state index in [0.717, 1.165) is 0 Å². The quantitative estimate of drug-likeness (QED) is 0.0855. The monoisotopic (exact) mass is 661 g/mol. The van der Waals surface area contributed by atoms with Gasteiger partial charge in [-0.25, -0.2) is 17.9 Å². The van der Waals surface area contributed by atoms with Crippen LogP contribution in [0.2, 0.25) is 0 Å². The number of hydrogen-bond acceptors (Lipinski definition) is 10. The molecule has 3 rings (SSSR count). The molecule has 0 bridgehead atoms. The van der Waals surface area contributed by atoms with Gasteiger partial charge in [-0.3, -0.25) is 29.6 Å². The smallest absolute Gasteiger partial charge is 0.410 e. The largest absolute Gasteiger partial charge is 0.497 e. The van der Waals surface area contributed by atoms with Crippen molar-refractivity contribution in [1.82, 2.24) is 14.9 Å². The first-order valence-electron chi connectivity index (χ1n) is 14.4. The number of rotatable bonds is 12. The molecule has 0 unspecified atom stereocenters. The molecule has 0 spiro atoms. The molecule has 5 N–H and O–H groups in total. The van der Waals surface area contributed by atoms with Crippen molar-refractivity contribution in [3.05, 3.63) is 58.6 Å². The molecule has 46 heavy (non-hydrogen) atoms. The van der Waals surface area contributed by atoms with Crippen molar-refractivity contribution in [3.8, 4) is 5.75 Å². The number of nitro benzene ring substituents is 1. The molecule has 1 aliphatic heterocycles. The summed E-state index contributed by atoms with van der Waals surface area (Å²) in [6.07, 6.45) is 0.559. The van der Waals surface area contributed by atoms with Crippen LogP contribution in [0.1, 0.15) is 46.5 Å². The van der Waals surface area contributed by atoms with Crippen LogP contribution in [0.3, 0.4) is 0 Å². The van der Waals surface area contributed by atoms with Gasteiger partial charge in [-0.05, 0) is 82.9 Å². The van der Waals surface area contributed by atoms with Crippen LogP contribution in [-0.2, 0) is 24.3 Å². The average Bonchev–Trinajstić information content (AvgIpc) is 3.48. The van der Waals surface area contributed by atoms with E-state index in [9.17, 15) is 32.9 Å². The Bertz CT molecular complexity index is 1540. The Kier molecular flexibility index (Phi) is 11.9. The second kappa shape index (κ2) is 15.4. The standard InChI is InChI=1S/C29H39N7O9S/c1-29(2,3)45-28(39)35-18-6-8-24(35)26(38)33-23(25(37)32-19-9-11-20(12-10-19)36(40)41)7-5-17-31-27(30)34-46(42,43)22-15-13-21(44-4)14-16-22/h9-16,23-24H,5-8,17-18H2,1-4H3,(H,32,37)(H,33,38)(H3,30,31,34)/t23-,24-/m0/s1. The molecule has 250 valence electrons. The van der Waals surface area contributed by atoms with Crippen molar-refractivity contribution < 1.29 is 37.2 Å². The second-order valence-electron chi connectivity index (χ2n) is 11.4. The zero-order valence-electron chi connectivity index (χ0n) is 26.0. The maximum absolute atomic E-state index is 13.3. The Morgan fingerprint density at radius 1 is 1.13 bits per heavy atom. The number of benzene rings is 2. The summed E-state index contributed by atoms with van der Waals surface area (Å²) in [4.78, 5) is 55.1. The van der Waals surface area contributed by atoms with Gasteiger partial charge in [0.25, 0.3) is 15.7 Å². The van der Waals surface area contributed by atoms with E-state index in [2.05, 4.69) is 20.3 Å². The van der Waals surface area contributed by atoms with E-state index in [0.29, 0.717) is 25.1 Å². The number of nitrogens with zero attached hydrogens (tertiary/aromatic N) is 3. The molecule has 2 aromatic rings. The Hall–Kier alpha value is -4.93. The normalized spacial score (nSPS) is 15.9. The number of carbonyl (C=O) groups excluding carboxylic acids is 3. The van der Waals surface area contributed by atoms with E-state index in [4.69, 9.17) is 15.2 Å². The topological polar surface area (TPSA) is 225 Å². The van der Waals surface area contributed by atoms with Crippen LogP contribution in [0.4, 0.5) is 16.2 Å². The molecular formula is C29H39N7O9S. The van der Waals surface area contributed by atoms with E-state index in [-0.39, 0.29) is 41.6 Å². The third-order valence-electron chi connectivity index (χ3n) is 6.70. The van der Waals surface area contributed by atoms with E-state index >= 15 is 0 Å². The van der Waals surface area contributed by atoms with Crippen LogP contribution in [0.25, 0.3) is 0 Å². The molecule has 1 fully saturated rings. The van der Waals surface area contributed by atoms with Crippen molar-refractivity contribution in [2.24, 2.45) is 10.7 Å². The highest BCUT2D eigenvalue weighted by Crippen LogP contribution is 2.22. The highest BCUT2D eigenvalue weighted by atomic mass is 32.2. The van der Waals surface area contributed by atoms with E-state index < -0.39 is 50.5 Å². The average molecular weight is 662 g/mol. The maximum Gasteiger partial charge on any atom is 0.410 e. The van der Waals surface area contributed by atoms with Gasteiger partial charge in [0.1, 0.15) is 23.4 Å². The number of likely N-dealkylation sites (tertiary alicyclic amines) is 1. The lowest BCUT2D eigenvalue weighted by atomic mass is 10.1. The Labute approximate surface area is 266 Å². The number of nitrogens with one attached hydrogen (secondary N) is 3. The number of hydrogen-bond donors (Lipinski definition) is 4. The molecule has 3 amide bonds. The van der Waals surface area contributed by atoms with Gasteiger partial charge in [0.15, 0.2) is 0 Å². The molecule has 0 saturated carbocycles. The number of aliphatic imine (C=N–C) groups is 1. The molecule has 16 nitrogen and oxygen atoms in total. The van der Waals surface area contributed by atoms with Crippen LogP contribution >= 0.6 is 0 Å². The molecule has 1 saturated heterocycles. The molecule has 0 radical (unpaired) electrons. The summed E-state index contributed by atoms with van der Waals surface area (Å²) in [7, 11) is -2.56. The third-order valence-corrected chi connectivity index (χ3v) is 8.07. The molecule has 1 aliphatic rings. The van der Waals surface area contributed by atoms with Crippen LogP contribution in [-0.4, -0.2) is 80.0 Å². The first kappa shape index (κ1) is 35.5. The molecule has 0 aromatic heterocycles. The fourth-order valence-electron chi connectivity index (χ4n) is 4.49. The lowest BCUT2D eigenvalue weighted by molar-refractivity contribution is -0.384. The first-order chi connectivity index (χ1) is 21.6. The summed E-state index contributed by atoms with van der Waals surface area (Å²) in [6, 6.07) is 8.87. The molecule has 17 heteroatoms. The Balaban J connectivity index is 1.69. The van der Waals surface area contributed by atoms with Crippen LogP contribution in [0.15, 0.2) is 58.4 Å². The first-order valence-corrected chi connectivity index (χ1v) is 15.9. The number of carbonyl (C=O) groups is 3. The summed E-state index contributed by atoms with van der Waals surface area (Å²) in [6.45, 7) is 5.46. The second-order valence-corrected chi connectivity index (χ2v) is 13.1. The van der Waals surface area contributed by atoms with E-state index in [1.807, 2.05) is 0 Å². The number of anilines is 1. The van der Waals surface area contributed by atoms with Gasteiger partial charge < -0.3 is 25.8 Å². The van der Waals surface area contributed by atoms with Gasteiger partial charge in [0.2, 0.25) is 17.8 Å². The minimum atomic E-state index is -4.01. The fourth-order valence-corrected chi connectivity index (χ4v) is 5.44. The van der Waals surface area contributed by atoms with Gasteiger partial charge in [-0.2, -0.15) is 0 Å². The van der Waals surface area contributed by atoms with Crippen LogP contribution < -0.4 is 25.8 Å². The number of non-ortho nitro benzene ring substituents is 1. The molecule has 1 heterocycles. The Morgan fingerprint density at radius 2 is 1.78 bits per heavy atom. The van der Waals surface area contributed by atoms with Crippen molar-refractivity contribution >= 4 is 45.3 Å². The van der Waals surface area contributed by atoms with Crippen molar-refractivity contribution in [2.75, 3.05) is 25.5 Å². The van der Waals surface area contributed by atoms with Crippen molar-refractivity contribution in [1.29, 1.82) is 0 Å². The van der Waals surface area contributed by atoms with Crippen molar-refractivity contribution in [3.63, 3.8) is 0 Å². The molecule has 0 aliphatic carbocycles. The van der Waals surface area contributed by atoms with Crippen LogP contribution in [0, 0.1) is 10.1 Å². The Morgan fingerprint density at radius 3 is 2.37 bits per heavy atom. The van der Waals surface area contributed by atoms with Crippen LogP contribution in [0.5, 0.6) is 5.75 Å². The lowest BCUT2D eigenvalue weighted by Gasteiger charge is -2.29.